The number of carbonyl (C=O) groups excluding carboxylic acids is 1. The number of piperidine rings is 1. The molecule has 3 aliphatic heterocycles. The Balaban J connectivity index is 1.65. The first kappa shape index (κ1) is 28.6. The quantitative estimate of drug-likeness (QED) is 0.340. The molecule has 220 valence electrons. The number of rotatable bonds is 4. The van der Waals surface area contributed by atoms with Crippen LogP contribution in [0.4, 0.5) is 5.69 Å². The van der Waals surface area contributed by atoms with E-state index in [1.807, 2.05) is 63.4 Å². The van der Waals surface area contributed by atoms with Crippen LogP contribution in [0.2, 0.25) is 0 Å². The van der Waals surface area contributed by atoms with Crippen molar-refractivity contribution in [3.63, 3.8) is 0 Å². The maximum absolute atomic E-state index is 12.3. The molecule has 0 bridgehead atoms. The Morgan fingerprint density at radius 3 is 2.48 bits per heavy atom. The first-order chi connectivity index (χ1) is 19.6. The van der Waals surface area contributed by atoms with Crippen LogP contribution in [-0.2, 0) is 10.1 Å². The molecule has 3 heterocycles. The molecule has 0 saturated carbocycles. The molecule has 2 atom stereocenters. The number of fused-ring (bicyclic) bond motifs is 4. The molecule has 0 radical (unpaired) electrons. The molecule has 1 fully saturated rings. The molecule has 0 aromatic heterocycles. The summed E-state index contributed by atoms with van der Waals surface area (Å²) in [6, 6.07) is 11.5. The van der Waals surface area contributed by atoms with Gasteiger partial charge in [-0.2, -0.15) is 8.42 Å². The van der Waals surface area contributed by atoms with Gasteiger partial charge in [-0.1, -0.05) is 37.3 Å². The monoisotopic (exact) mass is 586 g/mol. The van der Waals surface area contributed by atoms with Crippen molar-refractivity contribution in [3.05, 3.63) is 93.8 Å². The lowest BCUT2D eigenvalue weighted by Gasteiger charge is -2.50. The molecule has 2 aromatic rings. The van der Waals surface area contributed by atoms with Crippen molar-refractivity contribution < 1.29 is 22.5 Å². The normalized spacial score (nSPS) is 24.3. The second-order valence-corrected chi connectivity index (χ2v) is 14.7. The third-order valence-corrected chi connectivity index (χ3v) is 10.3. The lowest BCUT2D eigenvalue weighted by molar-refractivity contribution is 0.0800. The van der Waals surface area contributed by atoms with E-state index >= 15 is 0 Å². The van der Waals surface area contributed by atoms with Gasteiger partial charge in [0.05, 0.1) is 11.6 Å². The predicted octanol–water partition coefficient (Wildman–Crippen LogP) is 6.14. The van der Waals surface area contributed by atoms with Gasteiger partial charge in [-0.25, -0.2) is 0 Å². The minimum atomic E-state index is -4.28. The Bertz CT molecular complexity index is 1760. The van der Waals surface area contributed by atoms with Gasteiger partial charge in [0.1, 0.15) is 17.3 Å². The fraction of sp³-hybridized carbons (Fsp3) is 0.382. The number of aldehydes is 1. The second kappa shape index (κ2) is 9.53. The lowest BCUT2D eigenvalue weighted by atomic mass is 9.73. The number of anilines is 1. The van der Waals surface area contributed by atoms with Gasteiger partial charge in [0.25, 0.3) is 10.1 Å². The first-order valence-corrected chi connectivity index (χ1v) is 15.9. The summed E-state index contributed by atoms with van der Waals surface area (Å²) in [6.45, 7) is 10.8. The van der Waals surface area contributed by atoms with E-state index in [4.69, 9.17) is 4.74 Å². The number of hydrogen-bond donors (Lipinski definition) is 1. The third-order valence-electron chi connectivity index (χ3n) is 9.62. The molecule has 7 nitrogen and oxygen atoms in total. The summed E-state index contributed by atoms with van der Waals surface area (Å²) in [4.78, 5) is 16.8. The Kier molecular flexibility index (Phi) is 6.50. The molecule has 4 aliphatic rings. The molecule has 8 heteroatoms. The Hall–Kier alpha value is -3.46. The molecule has 1 saturated heterocycles. The van der Waals surface area contributed by atoms with Crippen LogP contribution >= 0.6 is 0 Å². The Morgan fingerprint density at radius 1 is 1.07 bits per heavy atom. The van der Waals surface area contributed by atoms with Crippen LogP contribution in [0.15, 0.2) is 71.5 Å². The third kappa shape index (κ3) is 4.57. The number of nitrogens with zero attached hydrogens (tertiary/aromatic N) is 2. The number of likely N-dealkylation sites (N-methyl/N-ethyl adjacent to an activating group) is 2. The number of likely N-dealkylation sites (tertiary alicyclic amines) is 1. The van der Waals surface area contributed by atoms with Gasteiger partial charge in [-0.15, -0.1) is 0 Å². The van der Waals surface area contributed by atoms with Gasteiger partial charge in [0.15, 0.2) is 6.29 Å². The van der Waals surface area contributed by atoms with E-state index in [-0.39, 0.29) is 11.6 Å². The molecule has 1 N–H and O–H groups in total. The zero-order valence-corrected chi connectivity index (χ0v) is 26.0. The second-order valence-electron chi connectivity index (χ2n) is 13.2. The van der Waals surface area contributed by atoms with E-state index < -0.39 is 21.4 Å². The smallest absolute Gasteiger partial charge is 0.269 e. The van der Waals surface area contributed by atoms with Gasteiger partial charge in [-0.05, 0) is 82.0 Å². The molecular weight excluding hydrogens is 548 g/mol. The van der Waals surface area contributed by atoms with Crippen LogP contribution in [-0.4, -0.2) is 61.1 Å². The van der Waals surface area contributed by atoms with Crippen LogP contribution in [0.25, 0.3) is 11.1 Å². The van der Waals surface area contributed by atoms with Crippen molar-refractivity contribution >= 4 is 33.2 Å². The highest BCUT2D eigenvalue weighted by Gasteiger charge is 2.43. The zero-order chi connectivity index (χ0) is 30.4. The van der Waals surface area contributed by atoms with Crippen molar-refractivity contribution in [3.8, 4) is 5.75 Å². The molecule has 1 aliphatic carbocycles. The topological polar surface area (TPSA) is 87.1 Å². The van der Waals surface area contributed by atoms with Crippen LogP contribution in [0.3, 0.4) is 0 Å². The Morgan fingerprint density at radius 2 is 1.79 bits per heavy atom. The highest BCUT2D eigenvalue weighted by atomic mass is 32.2. The largest absolute Gasteiger partial charge is 0.456 e. The predicted molar refractivity (Wildman–Crippen MR) is 167 cm³/mol. The average Bonchev–Trinajstić information content (AvgIpc) is 2.91. The number of benzene rings is 2. The molecule has 2 aromatic carbocycles. The highest BCUT2D eigenvalue weighted by Crippen LogP contribution is 2.51. The molecule has 0 spiro atoms. The molecule has 2 unspecified atom stereocenters. The van der Waals surface area contributed by atoms with E-state index in [0.29, 0.717) is 28.4 Å². The van der Waals surface area contributed by atoms with Crippen molar-refractivity contribution in [2.45, 2.75) is 58.2 Å². The summed E-state index contributed by atoms with van der Waals surface area (Å²) in [5, 5.41) is 0. The van der Waals surface area contributed by atoms with Crippen molar-refractivity contribution in [1.82, 2.24) is 4.90 Å². The highest BCUT2D eigenvalue weighted by molar-refractivity contribution is 7.86. The van der Waals surface area contributed by atoms with Crippen LogP contribution in [0.5, 0.6) is 5.75 Å². The molecular formula is C34H38N2O5S. The zero-order valence-electron chi connectivity index (χ0n) is 25.2. The molecule has 0 amide bonds. The molecule has 42 heavy (non-hydrogen) atoms. The van der Waals surface area contributed by atoms with E-state index in [0.717, 1.165) is 46.4 Å². The van der Waals surface area contributed by atoms with Gasteiger partial charge in [-0.3, -0.25) is 14.2 Å². The summed E-state index contributed by atoms with van der Waals surface area (Å²) < 4.78 is 40.7. The van der Waals surface area contributed by atoms with E-state index in [1.165, 1.54) is 5.57 Å². The summed E-state index contributed by atoms with van der Waals surface area (Å²) in [6.07, 6.45) is 8.22. The number of carbonyl (C=O) groups is 1. The maximum Gasteiger partial charge on any atom is 0.269 e. The maximum atomic E-state index is 12.3. The van der Waals surface area contributed by atoms with Crippen molar-refractivity contribution in [1.29, 1.82) is 0 Å². The average molecular weight is 587 g/mol. The summed E-state index contributed by atoms with van der Waals surface area (Å²) >= 11 is 0. The minimum absolute atomic E-state index is 0.0162. The lowest BCUT2D eigenvalue weighted by Crippen LogP contribution is -2.54. The fourth-order valence-corrected chi connectivity index (χ4v) is 7.72. The number of allylic oxidation sites excluding steroid dienone is 1. The summed E-state index contributed by atoms with van der Waals surface area (Å²) in [5.41, 5.74) is 6.77. The van der Waals surface area contributed by atoms with Gasteiger partial charge in [0, 0.05) is 52.2 Å². The minimum Gasteiger partial charge on any atom is -0.456 e. The van der Waals surface area contributed by atoms with E-state index in [9.17, 15) is 17.8 Å². The molecule has 6 rings (SSSR count). The van der Waals surface area contributed by atoms with Crippen LogP contribution < -0.4 is 9.64 Å². The van der Waals surface area contributed by atoms with E-state index in [2.05, 4.69) is 49.8 Å². The fourth-order valence-electron chi connectivity index (χ4n) is 7.09. The van der Waals surface area contributed by atoms with Crippen molar-refractivity contribution in [2.75, 3.05) is 24.7 Å². The summed E-state index contributed by atoms with van der Waals surface area (Å²) in [5.74, 6) is 1.23. The summed E-state index contributed by atoms with van der Waals surface area (Å²) in [7, 11) is -0.160. The van der Waals surface area contributed by atoms with E-state index in [1.54, 1.807) is 0 Å². The van der Waals surface area contributed by atoms with Crippen LogP contribution in [0.1, 0.15) is 68.1 Å². The first-order valence-electron chi connectivity index (χ1n) is 14.3. The number of ether oxygens (including phenoxy) is 1. The number of hydrogen-bond acceptors (Lipinski definition) is 6. The van der Waals surface area contributed by atoms with Crippen molar-refractivity contribution in [2.24, 2.45) is 5.92 Å². The van der Waals surface area contributed by atoms with Gasteiger partial charge in [0.2, 0.25) is 0 Å². The van der Waals surface area contributed by atoms with Gasteiger partial charge < -0.3 is 9.64 Å². The standard InChI is InChI=1S/C34H38N2O5S/c1-20-16-33(2,3)35(6)28-14-30-26(12-24(20)28)32(23-11-9-8-10-21(23)18-37)27-13-25-22(19-42(38,39)40)17-34(4,5)36(7)29(25)15-31(27)41-30/h8-15,17-18,20,28H,16,19H2,1-7H3,(H,38,39,40). The van der Waals surface area contributed by atoms with Gasteiger partial charge >= 0.3 is 0 Å². The Labute approximate surface area is 248 Å². The SMILES string of the molecule is CC1CC(C)(C)N(C)C2C=C3Oc4cc5c(cc4C(c4ccccc4C=O)=C3C=C12)C(CS(=O)(=O)O)=CC(C)(C)N5C. The van der Waals surface area contributed by atoms with Crippen LogP contribution in [0, 0.1) is 5.92 Å².